The number of aldehydes is 1. The zero-order valence-corrected chi connectivity index (χ0v) is 13.6. The molecule has 0 radical (unpaired) electrons. The second-order valence-corrected chi connectivity index (χ2v) is 6.34. The van der Waals surface area contributed by atoms with Crippen LogP contribution in [0.5, 0.6) is 0 Å². The van der Waals surface area contributed by atoms with Gasteiger partial charge in [-0.2, -0.15) is 5.10 Å². The number of aromatic nitrogens is 6. The molecule has 2 N–H and O–H groups in total. The van der Waals surface area contributed by atoms with Gasteiger partial charge in [0.15, 0.2) is 12.1 Å². The Hall–Kier alpha value is -3.55. The van der Waals surface area contributed by atoms with Gasteiger partial charge >= 0.3 is 0 Å². The summed E-state index contributed by atoms with van der Waals surface area (Å²) in [6.45, 7) is 0. The van der Waals surface area contributed by atoms with Gasteiger partial charge in [-0.25, -0.2) is 9.97 Å². The Labute approximate surface area is 146 Å². The molecule has 0 unspecified atom stereocenters. The zero-order valence-electron chi connectivity index (χ0n) is 13.6. The van der Waals surface area contributed by atoms with Gasteiger partial charge in [-0.1, -0.05) is 6.07 Å². The average Bonchev–Trinajstić information content (AvgIpc) is 3.24. The van der Waals surface area contributed by atoms with E-state index in [9.17, 15) is 9.59 Å². The SMILES string of the molecule is O=Cc1nc(-c2ccc3nc[nH]c(=O)c3c2)c(-c2ccn(C3CC3)n2)[nH]1. The predicted molar refractivity (Wildman–Crippen MR) is 94.8 cm³/mol. The fraction of sp³-hybridized carbons (Fsp3) is 0.167. The number of rotatable bonds is 4. The lowest BCUT2D eigenvalue weighted by Crippen LogP contribution is -2.06. The number of benzene rings is 1. The topological polar surface area (TPSA) is 109 Å². The van der Waals surface area contributed by atoms with Gasteiger partial charge in [0, 0.05) is 11.8 Å². The highest BCUT2D eigenvalue weighted by Crippen LogP contribution is 2.36. The second kappa shape index (κ2) is 5.48. The summed E-state index contributed by atoms with van der Waals surface area (Å²) in [5, 5.41) is 5.07. The summed E-state index contributed by atoms with van der Waals surface area (Å²) < 4.78 is 1.94. The van der Waals surface area contributed by atoms with Crippen LogP contribution in [0.15, 0.2) is 41.6 Å². The molecular weight excluding hydrogens is 332 g/mol. The molecule has 3 aromatic heterocycles. The van der Waals surface area contributed by atoms with E-state index >= 15 is 0 Å². The quantitative estimate of drug-likeness (QED) is 0.551. The fourth-order valence-corrected chi connectivity index (χ4v) is 3.07. The van der Waals surface area contributed by atoms with Gasteiger partial charge in [0.2, 0.25) is 0 Å². The maximum Gasteiger partial charge on any atom is 0.258 e. The Morgan fingerprint density at radius 2 is 2.12 bits per heavy atom. The van der Waals surface area contributed by atoms with Gasteiger partial charge in [0.05, 0.1) is 34.7 Å². The molecular formula is C18H14N6O2. The zero-order chi connectivity index (χ0) is 17.7. The van der Waals surface area contributed by atoms with E-state index < -0.39 is 0 Å². The molecule has 1 fully saturated rings. The summed E-state index contributed by atoms with van der Waals surface area (Å²) in [4.78, 5) is 37.4. The molecule has 1 saturated carbocycles. The third kappa shape index (κ3) is 2.34. The van der Waals surface area contributed by atoms with Crippen LogP contribution >= 0.6 is 0 Å². The van der Waals surface area contributed by atoms with Crippen LogP contribution in [0, 0.1) is 0 Å². The number of aromatic amines is 2. The first kappa shape index (κ1) is 14.8. The summed E-state index contributed by atoms with van der Waals surface area (Å²) >= 11 is 0. The van der Waals surface area contributed by atoms with E-state index in [1.807, 2.05) is 23.0 Å². The second-order valence-electron chi connectivity index (χ2n) is 6.34. The minimum Gasteiger partial charge on any atom is -0.334 e. The molecule has 8 nitrogen and oxygen atoms in total. The lowest BCUT2D eigenvalue weighted by Gasteiger charge is -2.03. The molecule has 1 aliphatic rings. The van der Waals surface area contributed by atoms with Crippen LogP contribution in [0.2, 0.25) is 0 Å². The normalized spacial score (nSPS) is 14.0. The van der Waals surface area contributed by atoms with Crippen LogP contribution in [0.25, 0.3) is 33.5 Å². The van der Waals surface area contributed by atoms with Crippen LogP contribution < -0.4 is 5.56 Å². The Kier molecular flexibility index (Phi) is 3.11. The molecule has 0 spiro atoms. The first-order valence-electron chi connectivity index (χ1n) is 8.31. The van der Waals surface area contributed by atoms with Crippen molar-refractivity contribution in [3.8, 4) is 22.6 Å². The summed E-state index contributed by atoms with van der Waals surface area (Å²) in [6.07, 6.45) is 6.25. The first-order valence-corrected chi connectivity index (χ1v) is 8.31. The molecule has 1 aromatic carbocycles. The molecule has 0 saturated heterocycles. The molecule has 5 rings (SSSR count). The largest absolute Gasteiger partial charge is 0.334 e. The van der Waals surface area contributed by atoms with Crippen LogP contribution in [0.1, 0.15) is 29.5 Å². The number of H-pyrrole nitrogens is 2. The van der Waals surface area contributed by atoms with E-state index in [-0.39, 0.29) is 11.4 Å². The van der Waals surface area contributed by atoms with Crippen molar-refractivity contribution >= 4 is 17.2 Å². The third-order valence-corrected chi connectivity index (χ3v) is 4.53. The van der Waals surface area contributed by atoms with Crippen LogP contribution in [0.3, 0.4) is 0 Å². The molecule has 4 aromatic rings. The van der Waals surface area contributed by atoms with E-state index in [0.717, 1.165) is 18.4 Å². The third-order valence-electron chi connectivity index (χ3n) is 4.53. The minimum absolute atomic E-state index is 0.219. The highest BCUT2D eigenvalue weighted by Gasteiger charge is 2.25. The minimum atomic E-state index is -0.220. The van der Waals surface area contributed by atoms with Crippen molar-refractivity contribution in [1.29, 1.82) is 0 Å². The van der Waals surface area contributed by atoms with Crippen molar-refractivity contribution in [1.82, 2.24) is 29.7 Å². The number of carbonyl (C=O) groups excluding carboxylic acids is 1. The van der Waals surface area contributed by atoms with E-state index in [1.165, 1.54) is 6.33 Å². The highest BCUT2D eigenvalue weighted by molar-refractivity contribution is 5.87. The van der Waals surface area contributed by atoms with Crippen molar-refractivity contribution in [2.75, 3.05) is 0 Å². The van der Waals surface area contributed by atoms with Crippen molar-refractivity contribution in [3.63, 3.8) is 0 Å². The number of nitrogens with zero attached hydrogens (tertiary/aromatic N) is 4. The number of fused-ring (bicyclic) bond motifs is 1. The average molecular weight is 346 g/mol. The van der Waals surface area contributed by atoms with Crippen LogP contribution in [-0.2, 0) is 0 Å². The van der Waals surface area contributed by atoms with Gasteiger partial charge in [0.25, 0.3) is 5.56 Å². The molecule has 3 heterocycles. The summed E-state index contributed by atoms with van der Waals surface area (Å²) in [6, 6.07) is 7.70. The van der Waals surface area contributed by atoms with Gasteiger partial charge < -0.3 is 9.97 Å². The van der Waals surface area contributed by atoms with Crippen LogP contribution in [0.4, 0.5) is 0 Å². The summed E-state index contributed by atoms with van der Waals surface area (Å²) in [5.41, 5.74) is 3.05. The summed E-state index contributed by atoms with van der Waals surface area (Å²) in [5.74, 6) is 0.219. The maximum absolute atomic E-state index is 12.1. The number of imidazole rings is 1. The van der Waals surface area contributed by atoms with Crippen LogP contribution in [-0.4, -0.2) is 36.0 Å². The Balaban J connectivity index is 1.68. The Bertz CT molecular complexity index is 1200. The molecule has 128 valence electrons. The lowest BCUT2D eigenvalue weighted by molar-refractivity contribution is 0.111. The lowest BCUT2D eigenvalue weighted by atomic mass is 10.1. The van der Waals surface area contributed by atoms with E-state index in [0.29, 0.717) is 40.3 Å². The predicted octanol–water partition coefficient (Wildman–Crippen LogP) is 2.32. The van der Waals surface area contributed by atoms with Gasteiger partial charge in [0.1, 0.15) is 5.69 Å². The molecule has 0 atom stereocenters. The van der Waals surface area contributed by atoms with Crippen molar-refractivity contribution in [2.24, 2.45) is 0 Å². The summed E-state index contributed by atoms with van der Waals surface area (Å²) in [7, 11) is 0. The van der Waals surface area contributed by atoms with Crippen molar-refractivity contribution in [3.05, 3.63) is 53.0 Å². The van der Waals surface area contributed by atoms with E-state index in [4.69, 9.17) is 0 Å². The number of hydrogen-bond acceptors (Lipinski definition) is 5. The number of hydrogen-bond donors (Lipinski definition) is 2. The molecule has 1 aliphatic carbocycles. The van der Waals surface area contributed by atoms with Gasteiger partial charge in [-0.05, 0) is 31.0 Å². The van der Waals surface area contributed by atoms with Gasteiger partial charge in [-0.3, -0.25) is 14.3 Å². The molecule has 0 bridgehead atoms. The van der Waals surface area contributed by atoms with E-state index in [2.05, 4.69) is 25.0 Å². The monoisotopic (exact) mass is 346 g/mol. The van der Waals surface area contributed by atoms with Crippen molar-refractivity contribution < 1.29 is 4.79 Å². The molecule has 26 heavy (non-hydrogen) atoms. The number of nitrogens with one attached hydrogen (secondary N) is 2. The smallest absolute Gasteiger partial charge is 0.258 e. The molecule has 0 amide bonds. The first-order chi connectivity index (χ1) is 12.7. The fourth-order valence-electron chi connectivity index (χ4n) is 3.07. The molecule has 8 heteroatoms. The standard InChI is InChI=1S/C18H14N6O2/c25-8-15-21-16(10-1-4-13-12(7-10)18(26)20-9-19-13)17(22-15)14-5-6-24(23-14)11-2-3-11/h1,4-9,11H,2-3H2,(H,21,22)(H,19,20,26). The van der Waals surface area contributed by atoms with Gasteiger partial charge in [-0.15, -0.1) is 0 Å². The van der Waals surface area contributed by atoms with Crippen molar-refractivity contribution in [2.45, 2.75) is 18.9 Å². The molecule has 0 aliphatic heterocycles. The highest BCUT2D eigenvalue weighted by atomic mass is 16.1. The Morgan fingerprint density at radius 3 is 2.92 bits per heavy atom. The van der Waals surface area contributed by atoms with E-state index in [1.54, 1.807) is 12.1 Å². The Morgan fingerprint density at radius 1 is 1.23 bits per heavy atom. The number of carbonyl (C=O) groups is 1. The maximum atomic E-state index is 12.1.